The topological polar surface area (TPSA) is 84.3 Å². The van der Waals surface area contributed by atoms with Crippen LogP contribution in [0.5, 0.6) is 0 Å². The zero-order chi connectivity index (χ0) is 22.6. The summed E-state index contributed by atoms with van der Waals surface area (Å²) in [5.74, 6) is 0.385. The van der Waals surface area contributed by atoms with Crippen LogP contribution in [-0.2, 0) is 30.5 Å². The van der Waals surface area contributed by atoms with E-state index in [1.54, 1.807) is 6.07 Å². The van der Waals surface area contributed by atoms with Crippen LogP contribution in [0.15, 0.2) is 84.0 Å². The maximum atomic E-state index is 12.8. The van der Waals surface area contributed by atoms with Gasteiger partial charge in [0.1, 0.15) is 5.69 Å². The molecule has 6 heteroatoms. The summed E-state index contributed by atoms with van der Waals surface area (Å²) < 4.78 is 0. The molecule has 1 amide bonds. The van der Waals surface area contributed by atoms with Crippen LogP contribution in [0.2, 0.25) is 0 Å². The fraction of sp³-hybridized carbons (Fsp3) is 0.148. The number of carbonyl (C=O) groups is 1. The monoisotopic (exact) mass is 434 g/mol. The average molecular weight is 434 g/mol. The van der Waals surface area contributed by atoms with Crippen molar-refractivity contribution in [3.8, 4) is 11.3 Å². The molecule has 0 fully saturated rings. The van der Waals surface area contributed by atoms with Crippen LogP contribution in [0.1, 0.15) is 28.1 Å². The molecule has 1 aromatic heterocycles. The summed E-state index contributed by atoms with van der Waals surface area (Å²) in [4.78, 5) is 33.6. The second kappa shape index (κ2) is 9.12. The highest BCUT2D eigenvalue weighted by molar-refractivity contribution is 5.92. The number of hydrogen-bond acceptors (Lipinski definition) is 5. The van der Waals surface area contributed by atoms with Gasteiger partial charge in [-0.15, -0.1) is 4.91 Å². The molecule has 6 nitrogen and oxygen atoms in total. The lowest BCUT2D eigenvalue weighted by molar-refractivity contribution is -0.115. The third-order valence-electron chi connectivity index (χ3n) is 5.80. The Morgan fingerprint density at radius 3 is 2.33 bits per heavy atom. The molecule has 3 aromatic carbocycles. The largest absolute Gasteiger partial charge is 0.309 e. The molecule has 1 heterocycles. The van der Waals surface area contributed by atoms with Crippen LogP contribution in [0.25, 0.3) is 11.3 Å². The Kier molecular flexibility index (Phi) is 5.72. The van der Waals surface area contributed by atoms with Crippen LogP contribution in [0.3, 0.4) is 0 Å². The number of aryl methyl sites for hydroxylation is 2. The van der Waals surface area contributed by atoms with E-state index in [0.717, 1.165) is 40.1 Å². The molecular formula is C27H22N4O2. The summed E-state index contributed by atoms with van der Waals surface area (Å²) in [5, 5.41) is 6.06. The van der Waals surface area contributed by atoms with Gasteiger partial charge in [0.25, 0.3) is 0 Å². The molecule has 5 rings (SSSR count). The zero-order valence-electron chi connectivity index (χ0n) is 18.0. The lowest BCUT2D eigenvalue weighted by atomic mass is 9.91. The fourth-order valence-corrected chi connectivity index (χ4v) is 4.19. The summed E-state index contributed by atoms with van der Waals surface area (Å²) in [6.07, 6.45) is 2.25. The van der Waals surface area contributed by atoms with Gasteiger partial charge in [-0.05, 0) is 46.8 Å². The van der Waals surface area contributed by atoms with Crippen molar-refractivity contribution < 1.29 is 4.79 Å². The minimum absolute atomic E-state index is 0.123. The smallest absolute Gasteiger partial charge is 0.229 e. The molecule has 0 spiro atoms. The van der Waals surface area contributed by atoms with Crippen molar-refractivity contribution >= 4 is 17.4 Å². The van der Waals surface area contributed by atoms with Crippen molar-refractivity contribution in [2.75, 3.05) is 5.32 Å². The Labute approximate surface area is 191 Å². The number of hydrogen-bond donors (Lipinski definition) is 1. The number of fused-ring (bicyclic) bond motifs is 3. The standard InChI is InChI=1S/C27H22N4O2/c32-25(16-19-9-5-2-6-10-19)30-27-24(15-18-7-3-1-4-8-18)28-26-22-13-12-21(31-33)17-20(22)11-14-23(26)29-27/h1-10,12-13,17H,11,14-16H2,(H,29,30,32). The van der Waals surface area contributed by atoms with E-state index in [-0.39, 0.29) is 12.3 Å². The van der Waals surface area contributed by atoms with Gasteiger partial charge in [0.05, 0.1) is 23.5 Å². The molecule has 1 N–H and O–H groups in total. The Bertz CT molecular complexity index is 1320. The highest BCUT2D eigenvalue weighted by atomic mass is 16.3. The first-order valence-electron chi connectivity index (χ1n) is 10.9. The number of carbonyl (C=O) groups excluding carboxylic acids is 1. The van der Waals surface area contributed by atoms with E-state index in [9.17, 15) is 9.70 Å². The van der Waals surface area contributed by atoms with Gasteiger partial charge in [0, 0.05) is 12.0 Å². The lowest BCUT2D eigenvalue weighted by Crippen LogP contribution is -2.20. The van der Waals surface area contributed by atoms with Gasteiger partial charge in [-0.1, -0.05) is 66.7 Å². The molecule has 0 radical (unpaired) electrons. The highest BCUT2D eigenvalue weighted by Crippen LogP contribution is 2.35. The third-order valence-corrected chi connectivity index (χ3v) is 5.80. The second-order valence-corrected chi connectivity index (χ2v) is 8.12. The van der Waals surface area contributed by atoms with Gasteiger partial charge in [0.2, 0.25) is 5.91 Å². The summed E-state index contributed by atoms with van der Waals surface area (Å²) in [5.41, 5.74) is 6.82. The zero-order valence-corrected chi connectivity index (χ0v) is 18.0. The quantitative estimate of drug-likeness (QED) is 0.411. The molecule has 0 atom stereocenters. The van der Waals surface area contributed by atoms with Crippen LogP contribution < -0.4 is 5.32 Å². The van der Waals surface area contributed by atoms with Crippen molar-refractivity contribution in [2.24, 2.45) is 5.18 Å². The number of nitrogens with one attached hydrogen (secondary N) is 1. The second-order valence-electron chi connectivity index (χ2n) is 8.12. The van der Waals surface area contributed by atoms with Crippen LogP contribution in [0, 0.1) is 4.91 Å². The minimum atomic E-state index is -0.123. The summed E-state index contributed by atoms with van der Waals surface area (Å²) >= 11 is 0. The van der Waals surface area contributed by atoms with Crippen LogP contribution in [0.4, 0.5) is 11.5 Å². The van der Waals surface area contributed by atoms with Crippen molar-refractivity contribution in [3.63, 3.8) is 0 Å². The highest BCUT2D eigenvalue weighted by Gasteiger charge is 2.23. The van der Waals surface area contributed by atoms with E-state index in [1.165, 1.54) is 0 Å². The lowest BCUT2D eigenvalue weighted by Gasteiger charge is -2.21. The van der Waals surface area contributed by atoms with Gasteiger partial charge in [-0.2, -0.15) is 0 Å². The molecule has 1 aliphatic rings. The Balaban J connectivity index is 1.52. The predicted molar refractivity (Wildman–Crippen MR) is 128 cm³/mol. The molecule has 0 bridgehead atoms. The van der Waals surface area contributed by atoms with E-state index in [1.807, 2.05) is 72.8 Å². The predicted octanol–water partition coefficient (Wildman–Crippen LogP) is 5.41. The first-order valence-corrected chi connectivity index (χ1v) is 10.9. The average Bonchev–Trinajstić information content (AvgIpc) is 2.85. The number of anilines is 1. The van der Waals surface area contributed by atoms with Crippen molar-refractivity contribution in [3.05, 3.63) is 112 Å². The number of aromatic nitrogens is 2. The van der Waals surface area contributed by atoms with Gasteiger partial charge >= 0.3 is 0 Å². The van der Waals surface area contributed by atoms with Gasteiger partial charge in [-0.3, -0.25) is 4.79 Å². The fourth-order valence-electron chi connectivity index (χ4n) is 4.19. The van der Waals surface area contributed by atoms with E-state index in [0.29, 0.717) is 30.0 Å². The van der Waals surface area contributed by atoms with Crippen LogP contribution >= 0.6 is 0 Å². The molecule has 0 unspecified atom stereocenters. The normalized spacial score (nSPS) is 11.9. The summed E-state index contributed by atoms with van der Waals surface area (Å²) in [6.45, 7) is 0. The number of nitroso groups, excluding NO2 is 1. The molecule has 1 aliphatic carbocycles. The third kappa shape index (κ3) is 4.55. The van der Waals surface area contributed by atoms with E-state index >= 15 is 0 Å². The SMILES string of the molecule is O=Nc1ccc2c(c1)CCc1nc(NC(=O)Cc3ccccc3)c(Cc3ccccc3)nc1-2. The maximum Gasteiger partial charge on any atom is 0.229 e. The van der Waals surface area contributed by atoms with E-state index in [2.05, 4.69) is 10.5 Å². The summed E-state index contributed by atoms with van der Waals surface area (Å²) in [7, 11) is 0. The maximum absolute atomic E-state index is 12.8. The van der Waals surface area contributed by atoms with Gasteiger partial charge in [0.15, 0.2) is 5.82 Å². The van der Waals surface area contributed by atoms with Gasteiger partial charge in [-0.25, -0.2) is 9.97 Å². The Morgan fingerprint density at radius 2 is 1.61 bits per heavy atom. The first-order chi connectivity index (χ1) is 16.2. The number of benzene rings is 3. The first kappa shape index (κ1) is 20.7. The number of rotatable bonds is 6. The molecule has 162 valence electrons. The number of nitrogens with zero attached hydrogens (tertiary/aromatic N) is 3. The molecular weight excluding hydrogens is 412 g/mol. The van der Waals surface area contributed by atoms with E-state index in [4.69, 9.17) is 9.97 Å². The van der Waals surface area contributed by atoms with Crippen molar-refractivity contribution in [1.29, 1.82) is 0 Å². The van der Waals surface area contributed by atoms with E-state index < -0.39 is 0 Å². The van der Waals surface area contributed by atoms with Gasteiger partial charge < -0.3 is 5.32 Å². The molecule has 33 heavy (non-hydrogen) atoms. The molecule has 0 aliphatic heterocycles. The van der Waals surface area contributed by atoms with Crippen molar-refractivity contribution in [2.45, 2.75) is 25.7 Å². The Hall–Kier alpha value is -4.19. The number of amides is 1. The Morgan fingerprint density at radius 1 is 0.879 bits per heavy atom. The summed E-state index contributed by atoms with van der Waals surface area (Å²) in [6, 6.07) is 25.1. The molecule has 0 saturated heterocycles. The minimum Gasteiger partial charge on any atom is -0.309 e. The van der Waals surface area contributed by atoms with Crippen molar-refractivity contribution in [1.82, 2.24) is 9.97 Å². The molecule has 0 saturated carbocycles. The molecule has 4 aromatic rings. The van der Waals surface area contributed by atoms with Crippen LogP contribution in [-0.4, -0.2) is 15.9 Å².